The van der Waals surface area contributed by atoms with E-state index in [1.165, 1.54) is 0 Å². The summed E-state index contributed by atoms with van der Waals surface area (Å²) in [7, 11) is 0. The molecule has 0 aromatic heterocycles. The van der Waals surface area contributed by atoms with Gasteiger partial charge in [0.05, 0.1) is 12.6 Å². The average Bonchev–Trinajstić information content (AvgIpc) is 1.97. The summed E-state index contributed by atoms with van der Waals surface area (Å²) < 4.78 is 5.20. The van der Waals surface area contributed by atoms with Crippen molar-refractivity contribution >= 4 is 6.09 Å². The summed E-state index contributed by atoms with van der Waals surface area (Å²) in [5.41, 5.74) is -0.462. The van der Waals surface area contributed by atoms with Crippen LogP contribution in [0.25, 0.3) is 0 Å². The molecule has 2 atom stereocenters. The molecule has 1 amide bonds. The minimum atomic E-state index is -0.462. The van der Waals surface area contributed by atoms with Gasteiger partial charge in [-0.1, -0.05) is 6.92 Å². The third-order valence-corrected chi connectivity index (χ3v) is 2.36. The van der Waals surface area contributed by atoms with Gasteiger partial charge in [0.15, 0.2) is 0 Å². The van der Waals surface area contributed by atoms with E-state index >= 15 is 0 Å². The molecular weight excluding hydrogens is 182 g/mol. The monoisotopic (exact) mass is 201 g/mol. The van der Waals surface area contributed by atoms with Crippen molar-refractivity contribution in [2.24, 2.45) is 5.92 Å². The van der Waals surface area contributed by atoms with Gasteiger partial charge in [-0.15, -0.1) is 0 Å². The molecule has 1 aliphatic rings. The molecule has 0 spiro atoms. The number of nitrogens with zero attached hydrogens (tertiary/aromatic N) is 1. The largest absolute Gasteiger partial charge is 0.444 e. The lowest BCUT2D eigenvalue weighted by atomic mass is 9.92. The molecular formula is C10H19NO3. The van der Waals surface area contributed by atoms with Crippen LogP contribution < -0.4 is 0 Å². The van der Waals surface area contributed by atoms with Crippen LogP contribution in [0.4, 0.5) is 4.79 Å². The molecule has 0 bridgehead atoms. The number of aliphatic hydroxyl groups is 1. The van der Waals surface area contributed by atoms with Crippen LogP contribution in [0.3, 0.4) is 0 Å². The predicted molar refractivity (Wildman–Crippen MR) is 53.0 cm³/mol. The fourth-order valence-corrected chi connectivity index (χ4v) is 1.55. The van der Waals surface area contributed by atoms with Crippen LogP contribution >= 0.6 is 0 Å². The van der Waals surface area contributed by atoms with Crippen molar-refractivity contribution in [3.05, 3.63) is 0 Å². The number of carbonyl (C=O) groups excluding carboxylic acids is 1. The first-order valence-electron chi connectivity index (χ1n) is 4.95. The number of aliphatic hydroxyl groups excluding tert-OH is 1. The van der Waals surface area contributed by atoms with Crippen molar-refractivity contribution in [1.82, 2.24) is 4.90 Å². The third-order valence-electron chi connectivity index (χ3n) is 2.36. The molecule has 1 saturated heterocycles. The van der Waals surface area contributed by atoms with Crippen LogP contribution in [0, 0.1) is 5.92 Å². The molecule has 82 valence electrons. The van der Waals surface area contributed by atoms with Crippen molar-refractivity contribution in [2.45, 2.75) is 39.3 Å². The highest BCUT2D eigenvalue weighted by Crippen LogP contribution is 2.25. The molecule has 1 N–H and O–H groups in total. The number of carbonyl (C=O) groups is 1. The Balaban J connectivity index is 2.47. The van der Waals surface area contributed by atoms with Crippen molar-refractivity contribution in [1.29, 1.82) is 0 Å². The molecule has 1 heterocycles. The number of rotatable bonds is 1. The van der Waals surface area contributed by atoms with Crippen LogP contribution in [-0.4, -0.2) is 40.9 Å². The minimum Gasteiger partial charge on any atom is -0.444 e. The molecule has 0 aliphatic carbocycles. The summed E-state index contributed by atoms with van der Waals surface area (Å²) in [5.74, 6) is 0.368. The Morgan fingerprint density at radius 1 is 1.57 bits per heavy atom. The molecule has 1 rings (SSSR count). The lowest BCUT2D eigenvalue weighted by Gasteiger charge is -2.45. The molecule has 4 heteroatoms. The van der Waals surface area contributed by atoms with Crippen LogP contribution in [0.15, 0.2) is 0 Å². The second-order valence-corrected chi connectivity index (χ2v) is 4.86. The zero-order valence-corrected chi connectivity index (χ0v) is 9.28. The van der Waals surface area contributed by atoms with Gasteiger partial charge in [0.1, 0.15) is 5.60 Å². The van der Waals surface area contributed by atoms with E-state index in [9.17, 15) is 4.79 Å². The van der Waals surface area contributed by atoms with Crippen LogP contribution in [0.5, 0.6) is 0 Å². The van der Waals surface area contributed by atoms with Gasteiger partial charge in [-0.3, -0.25) is 0 Å². The van der Waals surface area contributed by atoms with Crippen molar-refractivity contribution < 1.29 is 14.6 Å². The van der Waals surface area contributed by atoms with Gasteiger partial charge >= 0.3 is 6.09 Å². The summed E-state index contributed by atoms with van der Waals surface area (Å²) in [6.45, 7) is 8.22. The van der Waals surface area contributed by atoms with Gasteiger partial charge in [0, 0.05) is 6.54 Å². The standard InChI is InChI=1S/C10H19NO3/c1-7-5-11(8(7)6-12)9(13)14-10(2,3)4/h7-8,12H,5-6H2,1-4H3. The SMILES string of the molecule is CC1CN(C(=O)OC(C)(C)C)C1CO. The van der Waals surface area contributed by atoms with E-state index in [1.807, 2.05) is 27.7 Å². The molecule has 0 aromatic carbocycles. The second kappa shape index (κ2) is 3.77. The van der Waals surface area contributed by atoms with E-state index in [1.54, 1.807) is 4.90 Å². The second-order valence-electron chi connectivity index (χ2n) is 4.86. The van der Waals surface area contributed by atoms with Crippen molar-refractivity contribution in [2.75, 3.05) is 13.2 Å². The molecule has 4 nitrogen and oxygen atoms in total. The lowest BCUT2D eigenvalue weighted by Crippen LogP contribution is -2.60. The maximum atomic E-state index is 11.5. The average molecular weight is 201 g/mol. The Morgan fingerprint density at radius 2 is 2.14 bits per heavy atom. The Bertz CT molecular complexity index is 222. The van der Waals surface area contributed by atoms with Gasteiger partial charge in [-0.25, -0.2) is 4.79 Å². The Labute approximate surface area is 84.8 Å². The van der Waals surface area contributed by atoms with Gasteiger partial charge in [-0.2, -0.15) is 0 Å². The number of hydrogen-bond acceptors (Lipinski definition) is 3. The molecule has 0 aromatic rings. The number of ether oxygens (including phenoxy) is 1. The highest BCUT2D eigenvalue weighted by Gasteiger charge is 2.40. The molecule has 1 fully saturated rings. The van der Waals surface area contributed by atoms with E-state index in [-0.39, 0.29) is 18.7 Å². The van der Waals surface area contributed by atoms with Gasteiger partial charge < -0.3 is 14.7 Å². The fraction of sp³-hybridized carbons (Fsp3) is 0.900. The zero-order valence-electron chi connectivity index (χ0n) is 9.28. The van der Waals surface area contributed by atoms with Crippen LogP contribution in [-0.2, 0) is 4.74 Å². The summed E-state index contributed by atoms with van der Waals surface area (Å²) >= 11 is 0. The molecule has 1 aliphatic heterocycles. The predicted octanol–water partition coefficient (Wildman–Crippen LogP) is 1.23. The molecule has 0 radical (unpaired) electrons. The maximum absolute atomic E-state index is 11.5. The third kappa shape index (κ3) is 2.38. The van der Waals surface area contributed by atoms with Crippen LogP contribution in [0.2, 0.25) is 0 Å². The number of amides is 1. The summed E-state index contributed by atoms with van der Waals surface area (Å²) in [6, 6.07) is -0.0650. The van der Waals surface area contributed by atoms with Crippen molar-refractivity contribution in [3.63, 3.8) is 0 Å². The highest BCUT2D eigenvalue weighted by molar-refractivity contribution is 5.69. The molecule has 2 unspecified atom stereocenters. The highest BCUT2D eigenvalue weighted by atomic mass is 16.6. The lowest BCUT2D eigenvalue weighted by molar-refractivity contribution is -0.0409. The van der Waals surface area contributed by atoms with Gasteiger partial charge in [-0.05, 0) is 26.7 Å². The van der Waals surface area contributed by atoms with E-state index in [4.69, 9.17) is 9.84 Å². The first-order chi connectivity index (χ1) is 6.35. The van der Waals surface area contributed by atoms with E-state index in [0.29, 0.717) is 12.5 Å². The summed E-state index contributed by atoms with van der Waals surface area (Å²) in [6.07, 6.45) is -0.324. The normalized spacial score (nSPS) is 27.1. The Morgan fingerprint density at radius 3 is 2.50 bits per heavy atom. The van der Waals surface area contributed by atoms with Crippen LogP contribution in [0.1, 0.15) is 27.7 Å². The summed E-state index contributed by atoms with van der Waals surface area (Å²) in [4.78, 5) is 13.1. The van der Waals surface area contributed by atoms with Gasteiger partial charge in [0.25, 0.3) is 0 Å². The Hall–Kier alpha value is -0.770. The van der Waals surface area contributed by atoms with Crippen molar-refractivity contribution in [3.8, 4) is 0 Å². The van der Waals surface area contributed by atoms with E-state index in [0.717, 1.165) is 0 Å². The first-order valence-corrected chi connectivity index (χ1v) is 4.95. The smallest absolute Gasteiger partial charge is 0.410 e. The fourth-order valence-electron chi connectivity index (χ4n) is 1.55. The topological polar surface area (TPSA) is 49.8 Å². The van der Waals surface area contributed by atoms with Gasteiger partial charge in [0.2, 0.25) is 0 Å². The first kappa shape index (κ1) is 11.3. The van der Waals surface area contributed by atoms with E-state index in [2.05, 4.69) is 0 Å². The minimum absolute atomic E-state index is 0.0143. The number of likely N-dealkylation sites (tertiary alicyclic amines) is 1. The number of hydrogen-bond donors (Lipinski definition) is 1. The Kier molecular flexibility index (Phi) is 3.04. The maximum Gasteiger partial charge on any atom is 0.410 e. The molecule has 14 heavy (non-hydrogen) atoms. The van der Waals surface area contributed by atoms with E-state index < -0.39 is 5.60 Å². The quantitative estimate of drug-likeness (QED) is 0.694. The molecule has 0 saturated carbocycles. The summed E-state index contributed by atoms with van der Waals surface area (Å²) in [5, 5.41) is 9.02. The zero-order chi connectivity index (χ0) is 10.9.